The molecule has 0 fully saturated rings. The van der Waals surface area contributed by atoms with Crippen LogP contribution in [0.4, 0.5) is 0 Å². The third-order valence-corrected chi connectivity index (χ3v) is 3.24. The van der Waals surface area contributed by atoms with Crippen LogP contribution in [-0.4, -0.2) is 17.6 Å². The Bertz CT molecular complexity index is 390. The number of aliphatic carboxylic acids is 1. The molecule has 1 unspecified atom stereocenters. The summed E-state index contributed by atoms with van der Waals surface area (Å²) in [4.78, 5) is 10.6. The predicted molar refractivity (Wildman–Crippen MR) is 73.8 cm³/mol. The van der Waals surface area contributed by atoms with Crippen LogP contribution in [0.3, 0.4) is 0 Å². The van der Waals surface area contributed by atoms with E-state index in [2.05, 4.69) is 45.0 Å². The number of hydrogen-bond donors (Lipinski definition) is 2. The van der Waals surface area contributed by atoms with E-state index in [1.165, 1.54) is 5.56 Å². The monoisotopic (exact) mass is 249 g/mol. The van der Waals surface area contributed by atoms with Crippen LogP contribution in [0.15, 0.2) is 24.3 Å². The van der Waals surface area contributed by atoms with Crippen LogP contribution >= 0.6 is 0 Å². The second-order valence-electron chi connectivity index (χ2n) is 5.74. The van der Waals surface area contributed by atoms with Crippen molar-refractivity contribution in [3.8, 4) is 0 Å². The van der Waals surface area contributed by atoms with Crippen molar-refractivity contribution in [2.45, 2.75) is 44.9 Å². The van der Waals surface area contributed by atoms with Crippen molar-refractivity contribution >= 4 is 5.97 Å². The summed E-state index contributed by atoms with van der Waals surface area (Å²) < 4.78 is 0. The maximum atomic E-state index is 10.6. The van der Waals surface area contributed by atoms with Crippen molar-refractivity contribution in [2.75, 3.05) is 6.54 Å². The Hall–Kier alpha value is -1.35. The Morgan fingerprint density at radius 3 is 2.22 bits per heavy atom. The van der Waals surface area contributed by atoms with Gasteiger partial charge in [0.15, 0.2) is 0 Å². The Morgan fingerprint density at radius 1 is 1.28 bits per heavy atom. The van der Waals surface area contributed by atoms with E-state index in [0.717, 1.165) is 5.56 Å². The Morgan fingerprint density at radius 2 is 1.83 bits per heavy atom. The molecule has 1 aromatic rings. The first kappa shape index (κ1) is 14.7. The van der Waals surface area contributed by atoms with Gasteiger partial charge in [-0.15, -0.1) is 0 Å². The number of carboxylic acids is 1. The number of benzene rings is 1. The summed E-state index contributed by atoms with van der Waals surface area (Å²) in [5.74, 6) is -0.630. The molecule has 3 heteroatoms. The van der Waals surface area contributed by atoms with E-state index in [0.29, 0.717) is 13.0 Å². The summed E-state index contributed by atoms with van der Waals surface area (Å²) in [6.45, 7) is 7.01. The average molecular weight is 249 g/mol. The highest BCUT2D eigenvalue weighted by Gasteiger charge is 2.15. The van der Waals surface area contributed by atoms with E-state index in [-0.39, 0.29) is 17.8 Å². The third kappa shape index (κ3) is 4.15. The quantitative estimate of drug-likeness (QED) is 0.843. The molecular weight excluding hydrogens is 226 g/mol. The molecule has 3 nitrogen and oxygen atoms in total. The van der Waals surface area contributed by atoms with E-state index in [1.54, 1.807) is 0 Å². The Kier molecular flexibility index (Phi) is 4.91. The van der Waals surface area contributed by atoms with Gasteiger partial charge in [-0.3, -0.25) is 4.79 Å². The van der Waals surface area contributed by atoms with Crippen molar-refractivity contribution < 1.29 is 9.90 Å². The number of hydrogen-bond acceptors (Lipinski definition) is 2. The maximum absolute atomic E-state index is 10.6. The fourth-order valence-electron chi connectivity index (χ4n) is 1.97. The van der Waals surface area contributed by atoms with E-state index in [9.17, 15) is 4.79 Å². The minimum Gasteiger partial charge on any atom is -0.481 e. The molecule has 0 aliphatic carbocycles. The van der Waals surface area contributed by atoms with Gasteiger partial charge >= 0.3 is 5.97 Å². The van der Waals surface area contributed by atoms with Crippen molar-refractivity contribution in [2.24, 2.45) is 5.73 Å². The van der Waals surface area contributed by atoms with Gasteiger partial charge in [-0.2, -0.15) is 0 Å². The van der Waals surface area contributed by atoms with Gasteiger partial charge in [-0.25, -0.2) is 0 Å². The van der Waals surface area contributed by atoms with E-state index in [1.807, 2.05) is 0 Å². The minimum absolute atomic E-state index is 0.134. The number of carbonyl (C=O) groups is 1. The molecule has 1 aromatic carbocycles. The number of rotatable bonds is 5. The largest absolute Gasteiger partial charge is 0.481 e. The van der Waals surface area contributed by atoms with Gasteiger partial charge in [0.2, 0.25) is 0 Å². The van der Waals surface area contributed by atoms with E-state index < -0.39 is 5.97 Å². The SMILES string of the molecule is CC(C)(C)c1ccc(C(CN)CCC(=O)O)cc1. The van der Waals surface area contributed by atoms with E-state index >= 15 is 0 Å². The highest BCUT2D eigenvalue weighted by Crippen LogP contribution is 2.26. The molecule has 100 valence electrons. The Labute approximate surface area is 109 Å². The highest BCUT2D eigenvalue weighted by atomic mass is 16.4. The second-order valence-corrected chi connectivity index (χ2v) is 5.74. The molecule has 0 amide bonds. The van der Waals surface area contributed by atoms with Crippen LogP contribution in [0, 0.1) is 0 Å². The summed E-state index contributed by atoms with van der Waals surface area (Å²) >= 11 is 0. The fourth-order valence-corrected chi connectivity index (χ4v) is 1.97. The zero-order valence-electron chi connectivity index (χ0n) is 11.4. The summed E-state index contributed by atoms with van der Waals surface area (Å²) in [6.07, 6.45) is 0.767. The molecule has 0 bridgehead atoms. The van der Waals surface area contributed by atoms with Gasteiger partial charge in [-0.1, -0.05) is 45.0 Å². The van der Waals surface area contributed by atoms with E-state index in [4.69, 9.17) is 10.8 Å². The van der Waals surface area contributed by atoms with Crippen LogP contribution < -0.4 is 5.73 Å². The lowest BCUT2D eigenvalue weighted by molar-refractivity contribution is -0.137. The first-order chi connectivity index (χ1) is 8.34. The van der Waals surface area contributed by atoms with Crippen molar-refractivity contribution in [3.63, 3.8) is 0 Å². The molecule has 0 spiro atoms. The highest BCUT2D eigenvalue weighted by molar-refractivity contribution is 5.66. The normalized spacial score (nSPS) is 13.3. The van der Waals surface area contributed by atoms with Crippen LogP contribution in [0.2, 0.25) is 0 Å². The summed E-state index contributed by atoms with van der Waals surface area (Å²) in [5, 5.41) is 8.71. The summed E-state index contributed by atoms with van der Waals surface area (Å²) in [7, 11) is 0. The lowest BCUT2D eigenvalue weighted by Gasteiger charge is -2.21. The minimum atomic E-state index is -0.764. The molecule has 0 saturated carbocycles. The lowest BCUT2D eigenvalue weighted by Crippen LogP contribution is -2.15. The molecule has 1 atom stereocenters. The maximum Gasteiger partial charge on any atom is 0.303 e. The summed E-state index contributed by atoms with van der Waals surface area (Å²) in [5.41, 5.74) is 8.27. The molecule has 0 saturated heterocycles. The number of nitrogens with two attached hydrogens (primary N) is 1. The molecule has 3 N–H and O–H groups in total. The average Bonchev–Trinajstić information content (AvgIpc) is 2.29. The van der Waals surface area contributed by atoms with Gasteiger partial charge in [0.1, 0.15) is 0 Å². The zero-order chi connectivity index (χ0) is 13.8. The van der Waals surface area contributed by atoms with Gasteiger partial charge in [0, 0.05) is 6.42 Å². The van der Waals surface area contributed by atoms with Gasteiger partial charge in [-0.05, 0) is 35.4 Å². The lowest BCUT2D eigenvalue weighted by atomic mass is 9.85. The summed E-state index contributed by atoms with van der Waals surface area (Å²) in [6, 6.07) is 8.36. The molecule has 0 aromatic heterocycles. The molecule has 0 heterocycles. The topological polar surface area (TPSA) is 63.3 Å². The molecule has 0 aliphatic heterocycles. The number of carboxylic acid groups (broad SMARTS) is 1. The molecule has 0 radical (unpaired) electrons. The second kappa shape index (κ2) is 6.01. The van der Waals surface area contributed by atoms with Gasteiger partial charge < -0.3 is 10.8 Å². The van der Waals surface area contributed by atoms with Crippen molar-refractivity contribution in [3.05, 3.63) is 35.4 Å². The van der Waals surface area contributed by atoms with Crippen LogP contribution in [0.25, 0.3) is 0 Å². The van der Waals surface area contributed by atoms with Crippen molar-refractivity contribution in [1.29, 1.82) is 0 Å². The standard InChI is InChI=1S/C15H23NO2/c1-15(2,3)13-7-4-11(5-8-13)12(10-16)6-9-14(17)18/h4-5,7-8,12H,6,9-10,16H2,1-3H3,(H,17,18). The van der Waals surface area contributed by atoms with Crippen LogP contribution in [-0.2, 0) is 10.2 Å². The zero-order valence-corrected chi connectivity index (χ0v) is 11.4. The van der Waals surface area contributed by atoms with Gasteiger partial charge in [0.05, 0.1) is 0 Å². The third-order valence-electron chi connectivity index (χ3n) is 3.24. The fraction of sp³-hybridized carbons (Fsp3) is 0.533. The first-order valence-corrected chi connectivity index (χ1v) is 6.37. The predicted octanol–water partition coefficient (Wildman–Crippen LogP) is 2.89. The van der Waals surface area contributed by atoms with Crippen molar-refractivity contribution in [1.82, 2.24) is 0 Å². The first-order valence-electron chi connectivity index (χ1n) is 6.37. The van der Waals surface area contributed by atoms with Gasteiger partial charge in [0.25, 0.3) is 0 Å². The Balaban J connectivity index is 2.79. The molecular formula is C15H23NO2. The molecule has 0 aliphatic rings. The van der Waals surface area contributed by atoms with Crippen LogP contribution in [0.5, 0.6) is 0 Å². The molecule has 18 heavy (non-hydrogen) atoms. The smallest absolute Gasteiger partial charge is 0.303 e. The molecule has 1 rings (SSSR count). The van der Waals surface area contributed by atoms with Crippen LogP contribution in [0.1, 0.15) is 50.7 Å².